The average molecular weight is 212 g/mol. The summed E-state index contributed by atoms with van der Waals surface area (Å²) < 4.78 is 0. The second-order valence-corrected chi connectivity index (χ2v) is 5.91. The number of hydroxylamine groups is 2. The maximum absolute atomic E-state index is 12.1. The lowest BCUT2D eigenvalue weighted by Crippen LogP contribution is -2.46. The van der Waals surface area contributed by atoms with E-state index >= 15 is 0 Å². The van der Waals surface area contributed by atoms with Crippen molar-refractivity contribution in [3.8, 4) is 0 Å². The van der Waals surface area contributed by atoms with Gasteiger partial charge in [0.05, 0.1) is 0 Å². The lowest BCUT2D eigenvalue weighted by Gasteiger charge is -2.34. The van der Waals surface area contributed by atoms with Crippen LogP contribution in [0.2, 0.25) is 0 Å². The lowest BCUT2D eigenvalue weighted by atomic mass is 9.92. The van der Waals surface area contributed by atoms with Gasteiger partial charge in [0.1, 0.15) is 0 Å². The molecule has 0 aromatic carbocycles. The van der Waals surface area contributed by atoms with E-state index in [1.807, 2.05) is 0 Å². The number of hydrogen-bond acceptors (Lipinski definition) is 1. The quantitative estimate of drug-likeness (QED) is 0.633. The zero-order valence-electron chi connectivity index (χ0n) is 10.8. The summed E-state index contributed by atoms with van der Waals surface area (Å²) in [7, 11) is 0. The van der Waals surface area contributed by atoms with E-state index in [1.165, 1.54) is 30.7 Å². The highest BCUT2D eigenvalue weighted by atomic mass is 16.5. The summed E-state index contributed by atoms with van der Waals surface area (Å²) in [6, 6.07) is 0. The molecule has 1 saturated heterocycles. The van der Waals surface area contributed by atoms with Crippen LogP contribution in [0.4, 0.5) is 0 Å². The Hall–Kier alpha value is -0.0800. The van der Waals surface area contributed by atoms with E-state index in [1.54, 1.807) is 0 Å². The van der Waals surface area contributed by atoms with Crippen LogP contribution in [-0.2, 0) is 5.21 Å². The number of nitrogens with zero attached hydrogens (tertiary/aromatic N) is 1. The molecule has 1 aliphatic rings. The van der Waals surface area contributed by atoms with Gasteiger partial charge in [0, 0.05) is 11.1 Å². The summed E-state index contributed by atoms with van der Waals surface area (Å²) in [5.74, 6) is 0. The van der Waals surface area contributed by atoms with E-state index < -0.39 is 0 Å². The number of unbranched alkanes of at least 4 members (excludes halogenated alkanes) is 3. The first-order valence-corrected chi connectivity index (χ1v) is 6.40. The van der Waals surface area contributed by atoms with Crippen LogP contribution in [0.15, 0.2) is 0 Å². The molecule has 0 saturated carbocycles. The van der Waals surface area contributed by atoms with Crippen LogP contribution < -0.4 is 0 Å². The third-order valence-electron chi connectivity index (χ3n) is 3.88. The van der Waals surface area contributed by atoms with Gasteiger partial charge >= 0.3 is 0 Å². The second kappa shape index (κ2) is 4.84. The monoisotopic (exact) mass is 212 g/mol. The second-order valence-electron chi connectivity index (χ2n) is 5.91. The Bertz CT molecular complexity index is 203. The highest BCUT2D eigenvalue weighted by molar-refractivity contribution is 4.98. The fourth-order valence-corrected chi connectivity index (χ4v) is 2.67. The van der Waals surface area contributed by atoms with Crippen molar-refractivity contribution < 1.29 is 5.21 Å². The molecular weight excluding hydrogens is 186 g/mol. The van der Waals surface area contributed by atoms with Gasteiger partial charge in [0.2, 0.25) is 0 Å². The third kappa shape index (κ3) is 2.94. The molecule has 0 spiro atoms. The molecule has 1 aliphatic heterocycles. The number of rotatable bonds is 5. The molecule has 89 valence electrons. The molecule has 0 amide bonds. The van der Waals surface area contributed by atoms with Crippen molar-refractivity contribution in [2.24, 2.45) is 0 Å². The molecule has 15 heavy (non-hydrogen) atoms. The Balaban J connectivity index is 2.40. The molecule has 0 aliphatic carbocycles. The SMILES string of the molecule is CCCCCCC1(C)CCC(C)(C)N1[O]. The first-order valence-electron chi connectivity index (χ1n) is 6.40. The van der Waals surface area contributed by atoms with E-state index in [4.69, 9.17) is 0 Å². The standard InChI is InChI=1S/C13H26NO/c1-5-6-7-8-9-13(4)11-10-12(2,3)14(13)15/h5-11H2,1-4H3. The summed E-state index contributed by atoms with van der Waals surface area (Å²) in [4.78, 5) is 0. The predicted octanol–water partition coefficient (Wildman–Crippen LogP) is 3.94. The highest BCUT2D eigenvalue weighted by Crippen LogP contribution is 2.42. The summed E-state index contributed by atoms with van der Waals surface area (Å²) >= 11 is 0. The smallest absolute Gasteiger partial charge is 0.0472 e. The van der Waals surface area contributed by atoms with Crippen molar-refractivity contribution in [2.75, 3.05) is 0 Å². The molecule has 0 aromatic heterocycles. The Morgan fingerprint density at radius 2 is 1.73 bits per heavy atom. The molecule has 1 unspecified atom stereocenters. The minimum absolute atomic E-state index is 0.0861. The maximum Gasteiger partial charge on any atom is 0.0472 e. The van der Waals surface area contributed by atoms with Gasteiger partial charge in [-0.2, -0.15) is 0 Å². The first-order chi connectivity index (χ1) is 6.92. The van der Waals surface area contributed by atoms with Crippen LogP contribution in [-0.4, -0.2) is 16.1 Å². The molecular formula is C13H26NO. The normalized spacial score (nSPS) is 31.0. The topological polar surface area (TPSA) is 23.1 Å². The lowest BCUT2D eigenvalue weighted by molar-refractivity contribution is -0.250. The van der Waals surface area contributed by atoms with Gasteiger partial charge < -0.3 is 0 Å². The van der Waals surface area contributed by atoms with Gasteiger partial charge in [-0.05, 0) is 40.0 Å². The summed E-state index contributed by atoms with van der Waals surface area (Å²) in [6.07, 6.45) is 8.23. The molecule has 2 nitrogen and oxygen atoms in total. The Labute approximate surface area is 94.6 Å². The van der Waals surface area contributed by atoms with Crippen LogP contribution in [0.1, 0.15) is 72.6 Å². The number of hydrogen-bond donors (Lipinski definition) is 0. The van der Waals surface area contributed by atoms with Crippen molar-refractivity contribution >= 4 is 0 Å². The highest BCUT2D eigenvalue weighted by Gasteiger charge is 2.47. The zero-order valence-corrected chi connectivity index (χ0v) is 10.8. The molecule has 1 rings (SSSR count). The van der Waals surface area contributed by atoms with E-state index in [0.717, 1.165) is 19.3 Å². The predicted molar refractivity (Wildman–Crippen MR) is 63.0 cm³/mol. The van der Waals surface area contributed by atoms with Gasteiger partial charge in [-0.1, -0.05) is 32.6 Å². The molecule has 0 bridgehead atoms. The Morgan fingerprint density at radius 3 is 2.20 bits per heavy atom. The Kier molecular flexibility index (Phi) is 4.19. The van der Waals surface area contributed by atoms with Crippen molar-refractivity contribution in [1.29, 1.82) is 0 Å². The van der Waals surface area contributed by atoms with Crippen molar-refractivity contribution in [3.63, 3.8) is 0 Å². The molecule has 1 heterocycles. The molecule has 1 fully saturated rings. The molecule has 0 aromatic rings. The minimum Gasteiger partial charge on any atom is -0.144 e. The van der Waals surface area contributed by atoms with Crippen molar-refractivity contribution in [1.82, 2.24) is 5.06 Å². The van der Waals surface area contributed by atoms with Gasteiger partial charge in [0.15, 0.2) is 0 Å². The molecule has 0 N–H and O–H groups in total. The summed E-state index contributed by atoms with van der Waals surface area (Å²) in [5, 5.41) is 13.5. The van der Waals surface area contributed by atoms with Gasteiger partial charge in [-0.3, -0.25) is 0 Å². The maximum atomic E-state index is 12.1. The largest absolute Gasteiger partial charge is 0.144 e. The zero-order chi connectivity index (χ0) is 11.5. The van der Waals surface area contributed by atoms with E-state index in [-0.39, 0.29) is 11.1 Å². The minimum atomic E-state index is -0.139. The van der Waals surface area contributed by atoms with Crippen LogP contribution in [0.25, 0.3) is 0 Å². The third-order valence-corrected chi connectivity index (χ3v) is 3.88. The van der Waals surface area contributed by atoms with E-state index in [0.29, 0.717) is 0 Å². The molecule has 2 heteroatoms. The first kappa shape index (κ1) is 13.0. The molecule has 1 radical (unpaired) electrons. The van der Waals surface area contributed by atoms with Crippen LogP contribution in [0.5, 0.6) is 0 Å². The summed E-state index contributed by atoms with van der Waals surface area (Å²) in [5.41, 5.74) is -0.225. The van der Waals surface area contributed by atoms with Gasteiger partial charge in [-0.25, -0.2) is 0 Å². The van der Waals surface area contributed by atoms with Crippen LogP contribution in [0, 0.1) is 0 Å². The van der Waals surface area contributed by atoms with E-state index in [2.05, 4.69) is 27.7 Å². The fourth-order valence-electron chi connectivity index (χ4n) is 2.67. The molecule has 1 atom stereocenters. The van der Waals surface area contributed by atoms with Crippen molar-refractivity contribution in [3.05, 3.63) is 0 Å². The average Bonchev–Trinajstić information content (AvgIpc) is 2.39. The van der Waals surface area contributed by atoms with Crippen LogP contribution in [0.3, 0.4) is 0 Å². The fraction of sp³-hybridized carbons (Fsp3) is 1.00. The summed E-state index contributed by atoms with van der Waals surface area (Å²) in [6.45, 7) is 8.50. The van der Waals surface area contributed by atoms with Gasteiger partial charge in [-0.15, -0.1) is 10.3 Å². The van der Waals surface area contributed by atoms with Crippen molar-refractivity contribution in [2.45, 2.75) is 83.7 Å². The Morgan fingerprint density at radius 1 is 1.07 bits per heavy atom. The van der Waals surface area contributed by atoms with Crippen LogP contribution >= 0.6 is 0 Å². The van der Waals surface area contributed by atoms with E-state index in [9.17, 15) is 5.21 Å². The van der Waals surface area contributed by atoms with Gasteiger partial charge in [0.25, 0.3) is 0 Å².